The Hall–Kier alpha value is -2.09. The molecule has 0 saturated heterocycles. The maximum atomic E-state index is 12.0. The van der Waals surface area contributed by atoms with Gasteiger partial charge in [-0.1, -0.05) is 0 Å². The molecule has 19 heavy (non-hydrogen) atoms. The molecule has 0 aliphatic rings. The van der Waals surface area contributed by atoms with Crippen LogP contribution in [-0.2, 0) is 14.9 Å². The Morgan fingerprint density at radius 1 is 1.58 bits per heavy atom. The van der Waals surface area contributed by atoms with E-state index in [-0.39, 0.29) is 18.4 Å². The summed E-state index contributed by atoms with van der Waals surface area (Å²) in [6.45, 7) is 7.12. The van der Waals surface area contributed by atoms with Crippen molar-refractivity contribution in [3.8, 4) is 11.8 Å². The third kappa shape index (κ3) is 3.22. The Kier molecular flexibility index (Phi) is 4.87. The highest BCUT2D eigenvalue weighted by Gasteiger charge is 2.41. The second-order valence-electron chi connectivity index (χ2n) is 4.47. The SMILES string of the molecule is CCOC(=O)C(C)(C#N)c1ncccc1OC(C)C. The van der Waals surface area contributed by atoms with Gasteiger partial charge in [0.25, 0.3) is 0 Å². The smallest absolute Gasteiger partial charge is 0.332 e. The zero-order chi connectivity index (χ0) is 14.5. The van der Waals surface area contributed by atoms with Gasteiger partial charge in [0.05, 0.1) is 18.8 Å². The van der Waals surface area contributed by atoms with Crippen molar-refractivity contribution in [2.24, 2.45) is 0 Å². The maximum Gasteiger partial charge on any atom is 0.332 e. The molecule has 0 aromatic carbocycles. The van der Waals surface area contributed by atoms with E-state index in [2.05, 4.69) is 4.98 Å². The summed E-state index contributed by atoms with van der Waals surface area (Å²) in [5.74, 6) is -0.195. The number of nitrogens with zero attached hydrogens (tertiary/aromatic N) is 2. The highest BCUT2D eigenvalue weighted by molar-refractivity contribution is 5.86. The van der Waals surface area contributed by atoms with Gasteiger partial charge < -0.3 is 9.47 Å². The molecular formula is C14H18N2O3. The molecule has 0 radical (unpaired) electrons. The zero-order valence-electron chi connectivity index (χ0n) is 11.6. The number of rotatable bonds is 5. The van der Waals surface area contributed by atoms with E-state index in [1.807, 2.05) is 19.9 Å². The molecule has 0 bridgehead atoms. The van der Waals surface area contributed by atoms with Crippen LogP contribution in [0.2, 0.25) is 0 Å². The van der Waals surface area contributed by atoms with Gasteiger partial charge in [-0.25, -0.2) is 4.79 Å². The zero-order valence-corrected chi connectivity index (χ0v) is 11.6. The molecule has 5 nitrogen and oxygen atoms in total. The van der Waals surface area contributed by atoms with Gasteiger partial charge in [-0.3, -0.25) is 4.98 Å². The summed E-state index contributed by atoms with van der Waals surface area (Å²) in [5, 5.41) is 9.35. The highest BCUT2D eigenvalue weighted by atomic mass is 16.5. The van der Waals surface area contributed by atoms with Crippen LogP contribution in [0.3, 0.4) is 0 Å². The Labute approximate surface area is 113 Å². The summed E-state index contributed by atoms with van der Waals surface area (Å²) >= 11 is 0. The molecule has 102 valence electrons. The van der Waals surface area contributed by atoms with E-state index in [0.29, 0.717) is 5.75 Å². The van der Waals surface area contributed by atoms with Gasteiger partial charge in [0.15, 0.2) is 5.41 Å². The van der Waals surface area contributed by atoms with E-state index >= 15 is 0 Å². The van der Waals surface area contributed by atoms with Gasteiger partial charge in [0, 0.05) is 6.20 Å². The normalized spacial score (nSPS) is 13.5. The van der Waals surface area contributed by atoms with E-state index in [1.54, 1.807) is 19.1 Å². The lowest BCUT2D eigenvalue weighted by atomic mass is 9.87. The Balaban J connectivity index is 3.25. The Morgan fingerprint density at radius 3 is 2.79 bits per heavy atom. The lowest BCUT2D eigenvalue weighted by Gasteiger charge is -2.22. The number of nitriles is 1. The highest BCUT2D eigenvalue weighted by Crippen LogP contribution is 2.31. The lowest BCUT2D eigenvalue weighted by molar-refractivity contribution is -0.147. The Bertz CT molecular complexity index is 494. The first-order valence-electron chi connectivity index (χ1n) is 6.16. The molecule has 1 heterocycles. The van der Waals surface area contributed by atoms with Crippen molar-refractivity contribution in [1.82, 2.24) is 4.98 Å². The molecular weight excluding hydrogens is 244 g/mol. The van der Waals surface area contributed by atoms with Crippen molar-refractivity contribution in [3.63, 3.8) is 0 Å². The molecule has 0 N–H and O–H groups in total. The third-order valence-electron chi connectivity index (χ3n) is 2.51. The van der Waals surface area contributed by atoms with Crippen LogP contribution in [0.4, 0.5) is 0 Å². The number of esters is 1. The van der Waals surface area contributed by atoms with Crippen LogP contribution in [-0.4, -0.2) is 23.7 Å². The summed E-state index contributed by atoms with van der Waals surface area (Å²) in [6.07, 6.45) is 1.45. The minimum Gasteiger partial charge on any atom is -0.489 e. The first-order valence-corrected chi connectivity index (χ1v) is 6.16. The van der Waals surface area contributed by atoms with Crippen molar-refractivity contribution >= 4 is 5.97 Å². The van der Waals surface area contributed by atoms with Crippen molar-refractivity contribution < 1.29 is 14.3 Å². The van der Waals surface area contributed by atoms with Gasteiger partial charge in [-0.2, -0.15) is 5.26 Å². The van der Waals surface area contributed by atoms with Crippen LogP contribution in [0.1, 0.15) is 33.4 Å². The molecule has 0 aliphatic carbocycles. The first kappa shape index (κ1) is 15.0. The van der Waals surface area contributed by atoms with Gasteiger partial charge in [0.1, 0.15) is 11.4 Å². The third-order valence-corrected chi connectivity index (χ3v) is 2.51. The van der Waals surface area contributed by atoms with Crippen LogP contribution < -0.4 is 4.74 Å². The van der Waals surface area contributed by atoms with Crippen LogP contribution >= 0.6 is 0 Å². The number of carbonyl (C=O) groups is 1. The number of pyridine rings is 1. The topological polar surface area (TPSA) is 72.2 Å². The fraction of sp³-hybridized carbons (Fsp3) is 0.500. The summed E-state index contributed by atoms with van der Waals surface area (Å²) in [5.41, 5.74) is -1.19. The van der Waals surface area contributed by atoms with Crippen molar-refractivity contribution in [1.29, 1.82) is 5.26 Å². The van der Waals surface area contributed by atoms with Crippen molar-refractivity contribution in [2.75, 3.05) is 6.61 Å². The molecule has 0 saturated carbocycles. The standard InChI is InChI=1S/C14H18N2O3/c1-5-18-13(17)14(4,9-15)12-11(19-10(2)3)7-6-8-16-12/h6-8,10H,5H2,1-4H3. The average Bonchev–Trinajstić information content (AvgIpc) is 2.38. The molecule has 1 rings (SSSR count). The Morgan fingerprint density at radius 2 is 2.26 bits per heavy atom. The van der Waals surface area contributed by atoms with Crippen LogP contribution in [0.25, 0.3) is 0 Å². The van der Waals surface area contributed by atoms with E-state index < -0.39 is 11.4 Å². The quantitative estimate of drug-likeness (QED) is 0.761. The summed E-state index contributed by atoms with van der Waals surface area (Å²) < 4.78 is 10.6. The van der Waals surface area contributed by atoms with E-state index in [0.717, 1.165) is 0 Å². The second kappa shape index (κ2) is 6.19. The molecule has 1 atom stereocenters. The van der Waals surface area contributed by atoms with Gasteiger partial charge >= 0.3 is 5.97 Å². The predicted octanol–water partition coefficient (Wildman–Crippen LogP) is 2.21. The molecule has 1 aromatic rings. The molecule has 1 aromatic heterocycles. The van der Waals surface area contributed by atoms with Gasteiger partial charge in [0.2, 0.25) is 0 Å². The average molecular weight is 262 g/mol. The van der Waals surface area contributed by atoms with Crippen LogP contribution in [0, 0.1) is 11.3 Å². The van der Waals surface area contributed by atoms with E-state index in [9.17, 15) is 10.1 Å². The first-order chi connectivity index (χ1) is 8.95. The van der Waals surface area contributed by atoms with Gasteiger partial charge in [-0.05, 0) is 39.8 Å². The summed E-state index contributed by atoms with van der Waals surface area (Å²) in [7, 11) is 0. The minimum absolute atomic E-state index is 0.0758. The predicted molar refractivity (Wildman–Crippen MR) is 69.6 cm³/mol. The number of carbonyl (C=O) groups excluding carboxylic acids is 1. The van der Waals surface area contributed by atoms with Crippen molar-refractivity contribution in [2.45, 2.75) is 39.2 Å². The van der Waals surface area contributed by atoms with Crippen molar-refractivity contribution in [3.05, 3.63) is 24.0 Å². The number of hydrogen-bond donors (Lipinski definition) is 0. The van der Waals surface area contributed by atoms with E-state index in [4.69, 9.17) is 9.47 Å². The molecule has 0 amide bonds. The number of aromatic nitrogens is 1. The number of ether oxygens (including phenoxy) is 2. The second-order valence-corrected chi connectivity index (χ2v) is 4.47. The maximum absolute atomic E-state index is 12.0. The minimum atomic E-state index is -1.47. The molecule has 1 unspecified atom stereocenters. The fourth-order valence-electron chi connectivity index (χ4n) is 1.59. The molecule has 0 fully saturated rings. The summed E-state index contributed by atoms with van der Waals surface area (Å²) in [6, 6.07) is 5.37. The molecule has 0 aliphatic heterocycles. The molecule has 5 heteroatoms. The number of hydrogen-bond acceptors (Lipinski definition) is 5. The largest absolute Gasteiger partial charge is 0.489 e. The monoisotopic (exact) mass is 262 g/mol. The summed E-state index contributed by atoms with van der Waals surface area (Å²) in [4.78, 5) is 16.1. The van der Waals surface area contributed by atoms with Crippen LogP contribution in [0.5, 0.6) is 5.75 Å². The molecule has 0 spiro atoms. The lowest BCUT2D eigenvalue weighted by Crippen LogP contribution is -2.34. The van der Waals surface area contributed by atoms with E-state index in [1.165, 1.54) is 13.1 Å². The van der Waals surface area contributed by atoms with Gasteiger partial charge in [-0.15, -0.1) is 0 Å². The fourth-order valence-corrected chi connectivity index (χ4v) is 1.59. The van der Waals surface area contributed by atoms with Crippen LogP contribution in [0.15, 0.2) is 18.3 Å².